The lowest BCUT2D eigenvalue weighted by molar-refractivity contribution is 0.0947. The number of hydrogen-bond acceptors (Lipinski definition) is 4. The topological polar surface area (TPSA) is 93.8 Å². The summed E-state index contributed by atoms with van der Waals surface area (Å²) < 4.78 is 0. The molecule has 1 unspecified atom stereocenters. The predicted octanol–water partition coefficient (Wildman–Crippen LogP) is 6.02. The summed E-state index contributed by atoms with van der Waals surface area (Å²) in [6.45, 7) is 4.84. The predicted molar refractivity (Wildman–Crippen MR) is 166 cm³/mol. The number of benzene rings is 3. The van der Waals surface area contributed by atoms with E-state index in [1.165, 1.54) is 0 Å². The highest BCUT2D eigenvalue weighted by atomic mass is 35.5. The van der Waals surface area contributed by atoms with E-state index in [2.05, 4.69) is 20.9 Å². The summed E-state index contributed by atoms with van der Waals surface area (Å²) in [5.41, 5.74) is 2.29. The first-order valence-corrected chi connectivity index (χ1v) is 14.6. The number of halogens is 3. The molecule has 1 atom stereocenters. The second-order valence-corrected chi connectivity index (χ2v) is 11.0. The highest BCUT2D eigenvalue weighted by Gasteiger charge is 2.23. The number of rotatable bonds is 8. The number of alkyl halides is 1. The van der Waals surface area contributed by atoms with Gasteiger partial charge in [-0.25, -0.2) is 4.79 Å². The lowest BCUT2D eigenvalue weighted by atomic mass is 10.1. The van der Waals surface area contributed by atoms with Crippen LogP contribution in [0.5, 0.6) is 0 Å². The molecule has 0 aliphatic carbocycles. The van der Waals surface area contributed by atoms with E-state index >= 15 is 0 Å². The maximum absolute atomic E-state index is 13.2. The minimum Gasteiger partial charge on any atom is -0.368 e. The van der Waals surface area contributed by atoms with Crippen LogP contribution in [0.15, 0.2) is 66.7 Å². The highest BCUT2D eigenvalue weighted by molar-refractivity contribution is 6.31. The first-order valence-electron chi connectivity index (χ1n) is 13.4. The van der Waals surface area contributed by atoms with Gasteiger partial charge in [0.2, 0.25) is 0 Å². The molecular formula is C30H32Cl3N5O3. The third-order valence-corrected chi connectivity index (χ3v) is 7.45. The first-order chi connectivity index (χ1) is 19.7. The lowest BCUT2D eigenvalue weighted by Gasteiger charge is -2.26. The second-order valence-electron chi connectivity index (χ2n) is 9.63. The molecule has 4 amide bonds. The summed E-state index contributed by atoms with van der Waals surface area (Å²) in [5.74, 6) is -0.706. The molecule has 0 spiro atoms. The van der Waals surface area contributed by atoms with Crippen molar-refractivity contribution in [3.05, 3.63) is 93.5 Å². The van der Waals surface area contributed by atoms with Crippen LogP contribution in [0, 0.1) is 0 Å². The molecule has 41 heavy (non-hydrogen) atoms. The molecule has 0 radical (unpaired) electrons. The number of urea groups is 1. The standard InChI is InChI=1S/C30H32Cl3N5O3/c1-2-34-30(41)38-15-3-14-37(16-17-38)26-13-8-22(19-25(26)35-28(39)21-6-11-24(32)12-7-21)29(40)36-27(33)18-20-4-9-23(31)10-5-20/h4-13,19,27H,2-3,14-18H2,1H3,(H,34,41)(H,35,39)(H,36,40). The van der Waals surface area contributed by atoms with E-state index in [1.54, 1.807) is 53.4 Å². The van der Waals surface area contributed by atoms with Crippen LogP contribution in [0.3, 0.4) is 0 Å². The molecular weight excluding hydrogens is 585 g/mol. The highest BCUT2D eigenvalue weighted by Crippen LogP contribution is 2.29. The summed E-state index contributed by atoms with van der Waals surface area (Å²) >= 11 is 18.4. The average Bonchev–Trinajstić information content (AvgIpc) is 3.21. The first kappa shape index (κ1) is 30.5. The number of anilines is 2. The normalized spacial score (nSPS) is 14.1. The van der Waals surface area contributed by atoms with Crippen LogP contribution in [-0.4, -0.2) is 61.0 Å². The van der Waals surface area contributed by atoms with Crippen molar-refractivity contribution in [2.75, 3.05) is 42.9 Å². The van der Waals surface area contributed by atoms with Crippen molar-refractivity contribution in [2.24, 2.45) is 0 Å². The van der Waals surface area contributed by atoms with E-state index in [1.807, 2.05) is 25.1 Å². The van der Waals surface area contributed by atoms with Crippen LogP contribution in [0.25, 0.3) is 0 Å². The average molecular weight is 617 g/mol. The van der Waals surface area contributed by atoms with Gasteiger partial charge < -0.3 is 25.8 Å². The van der Waals surface area contributed by atoms with Crippen molar-refractivity contribution < 1.29 is 14.4 Å². The van der Waals surface area contributed by atoms with Gasteiger partial charge in [-0.1, -0.05) is 46.9 Å². The fraction of sp³-hybridized carbons (Fsp3) is 0.300. The molecule has 1 aliphatic rings. The SMILES string of the molecule is CCNC(=O)N1CCCN(c2ccc(C(=O)NC(Cl)Cc3ccc(Cl)cc3)cc2NC(=O)c2ccc(Cl)cc2)CC1. The molecule has 1 saturated heterocycles. The molecule has 4 rings (SSSR count). The van der Waals surface area contributed by atoms with Crippen molar-refractivity contribution in [1.29, 1.82) is 0 Å². The van der Waals surface area contributed by atoms with Gasteiger partial charge >= 0.3 is 6.03 Å². The molecule has 11 heteroatoms. The van der Waals surface area contributed by atoms with Gasteiger partial charge in [0.05, 0.1) is 11.4 Å². The summed E-state index contributed by atoms with van der Waals surface area (Å²) in [7, 11) is 0. The van der Waals surface area contributed by atoms with E-state index < -0.39 is 5.50 Å². The Balaban J connectivity index is 1.55. The third kappa shape index (κ3) is 8.52. The maximum atomic E-state index is 13.2. The Bertz CT molecular complexity index is 1370. The van der Waals surface area contributed by atoms with Crippen LogP contribution < -0.4 is 20.9 Å². The zero-order chi connectivity index (χ0) is 29.4. The van der Waals surface area contributed by atoms with Crippen LogP contribution in [0.4, 0.5) is 16.2 Å². The van der Waals surface area contributed by atoms with Crippen molar-refractivity contribution >= 4 is 64.0 Å². The Kier molecular flexibility index (Phi) is 10.7. The van der Waals surface area contributed by atoms with Crippen molar-refractivity contribution in [1.82, 2.24) is 15.5 Å². The van der Waals surface area contributed by atoms with Crippen LogP contribution in [-0.2, 0) is 6.42 Å². The minimum atomic E-state index is -0.652. The fourth-order valence-electron chi connectivity index (χ4n) is 4.58. The molecule has 1 fully saturated rings. The molecule has 8 nitrogen and oxygen atoms in total. The summed E-state index contributed by atoms with van der Waals surface area (Å²) in [5, 5.41) is 9.79. The second kappa shape index (κ2) is 14.4. The maximum Gasteiger partial charge on any atom is 0.317 e. The Labute approximate surface area is 254 Å². The van der Waals surface area contributed by atoms with Gasteiger partial charge in [0.15, 0.2) is 0 Å². The van der Waals surface area contributed by atoms with Gasteiger partial charge in [0.25, 0.3) is 11.8 Å². The molecule has 0 saturated carbocycles. The van der Waals surface area contributed by atoms with Gasteiger partial charge in [-0.05, 0) is 73.5 Å². The number of carbonyl (C=O) groups excluding carboxylic acids is 3. The Morgan fingerprint density at radius 1 is 0.829 bits per heavy atom. The Morgan fingerprint density at radius 2 is 1.49 bits per heavy atom. The largest absolute Gasteiger partial charge is 0.368 e. The van der Waals surface area contributed by atoms with E-state index in [0.29, 0.717) is 66.0 Å². The van der Waals surface area contributed by atoms with Gasteiger partial charge in [0, 0.05) is 60.3 Å². The van der Waals surface area contributed by atoms with Crippen molar-refractivity contribution in [3.63, 3.8) is 0 Å². The molecule has 0 bridgehead atoms. The number of amides is 4. The van der Waals surface area contributed by atoms with Crippen molar-refractivity contribution in [3.8, 4) is 0 Å². The molecule has 1 aliphatic heterocycles. The summed E-state index contributed by atoms with van der Waals surface area (Å²) in [6, 6.07) is 18.9. The van der Waals surface area contributed by atoms with Gasteiger partial charge in [-0.3, -0.25) is 9.59 Å². The summed E-state index contributed by atoms with van der Waals surface area (Å²) in [6.07, 6.45) is 1.17. The molecule has 1 heterocycles. The number of carbonyl (C=O) groups is 3. The molecule has 216 valence electrons. The zero-order valence-electron chi connectivity index (χ0n) is 22.6. The van der Waals surface area contributed by atoms with Gasteiger partial charge in [0.1, 0.15) is 5.50 Å². The van der Waals surface area contributed by atoms with E-state index in [9.17, 15) is 14.4 Å². The van der Waals surface area contributed by atoms with Crippen molar-refractivity contribution in [2.45, 2.75) is 25.3 Å². The molecule has 0 aromatic heterocycles. The van der Waals surface area contributed by atoms with Gasteiger partial charge in [-0.2, -0.15) is 0 Å². The number of hydrogen-bond donors (Lipinski definition) is 3. The number of nitrogens with zero attached hydrogens (tertiary/aromatic N) is 2. The van der Waals surface area contributed by atoms with Crippen LogP contribution in [0.2, 0.25) is 10.0 Å². The molecule has 3 aromatic rings. The van der Waals surface area contributed by atoms with Crippen LogP contribution >= 0.6 is 34.8 Å². The minimum absolute atomic E-state index is 0.0909. The quantitative estimate of drug-likeness (QED) is 0.213. The zero-order valence-corrected chi connectivity index (χ0v) is 24.9. The number of nitrogens with one attached hydrogen (secondary N) is 3. The Hall–Kier alpha value is -3.46. The van der Waals surface area contributed by atoms with Gasteiger partial charge in [-0.15, -0.1) is 0 Å². The Morgan fingerprint density at radius 3 is 2.17 bits per heavy atom. The fourth-order valence-corrected chi connectivity index (χ4v) is 5.11. The van der Waals surface area contributed by atoms with Crippen LogP contribution in [0.1, 0.15) is 39.6 Å². The molecule has 3 aromatic carbocycles. The third-order valence-electron chi connectivity index (χ3n) is 6.68. The lowest BCUT2D eigenvalue weighted by Crippen LogP contribution is -2.42. The monoisotopic (exact) mass is 615 g/mol. The molecule has 3 N–H and O–H groups in total. The smallest absolute Gasteiger partial charge is 0.317 e. The summed E-state index contributed by atoms with van der Waals surface area (Å²) in [4.78, 5) is 42.6. The van der Waals surface area contributed by atoms with E-state index in [-0.39, 0.29) is 17.8 Å². The van der Waals surface area contributed by atoms with E-state index in [0.717, 1.165) is 17.7 Å². The van der Waals surface area contributed by atoms with E-state index in [4.69, 9.17) is 34.8 Å².